The van der Waals surface area contributed by atoms with E-state index in [9.17, 15) is 0 Å². The smallest absolute Gasteiger partial charge is 0.0540 e. The molecule has 178 valence electrons. The standard InChI is InChI=1S/C36H29N/c1-2-3-7-23-35(32-20-12-6-13-21-32)37(33-27-25-30(26-28-33)29-16-8-4-9-17-29)36-24-15-14-22-34(36)31-18-10-5-11-19-31/h2-28H,1H2/b7-3-,35-23+. The van der Waals surface area contributed by atoms with Gasteiger partial charge in [-0.05, 0) is 46.5 Å². The van der Waals surface area contributed by atoms with Crippen LogP contribution in [0.2, 0.25) is 0 Å². The molecule has 0 atom stereocenters. The van der Waals surface area contributed by atoms with E-state index in [1.807, 2.05) is 18.2 Å². The fourth-order valence-corrected chi connectivity index (χ4v) is 4.51. The molecular formula is C36H29N. The van der Waals surface area contributed by atoms with Crippen LogP contribution in [0.25, 0.3) is 28.0 Å². The molecule has 0 saturated heterocycles. The Bertz CT molecular complexity index is 1500. The molecule has 5 aromatic carbocycles. The number of allylic oxidation sites excluding steroid dienone is 4. The summed E-state index contributed by atoms with van der Waals surface area (Å²) >= 11 is 0. The van der Waals surface area contributed by atoms with Crippen molar-refractivity contribution < 1.29 is 0 Å². The van der Waals surface area contributed by atoms with Crippen molar-refractivity contribution in [2.75, 3.05) is 4.90 Å². The predicted octanol–water partition coefficient (Wildman–Crippen LogP) is 9.94. The topological polar surface area (TPSA) is 3.24 Å². The van der Waals surface area contributed by atoms with Gasteiger partial charge in [-0.2, -0.15) is 0 Å². The van der Waals surface area contributed by atoms with E-state index in [-0.39, 0.29) is 0 Å². The van der Waals surface area contributed by atoms with E-state index >= 15 is 0 Å². The lowest BCUT2D eigenvalue weighted by Gasteiger charge is -2.30. The van der Waals surface area contributed by atoms with Gasteiger partial charge in [0.05, 0.1) is 11.4 Å². The third kappa shape index (κ3) is 5.52. The zero-order valence-electron chi connectivity index (χ0n) is 20.7. The Morgan fingerprint density at radius 1 is 0.514 bits per heavy atom. The third-order valence-electron chi connectivity index (χ3n) is 6.27. The van der Waals surface area contributed by atoms with Gasteiger partial charge in [0.1, 0.15) is 0 Å². The van der Waals surface area contributed by atoms with Gasteiger partial charge in [-0.3, -0.25) is 0 Å². The number of hydrogen-bond donors (Lipinski definition) is 0. The van der Waals surface area contributed by atoms with Gasteiger partial charge in [-0.15, -0.1) is 0 Å². The van der Waals surface area contributed by atoms with Gasteiger partial charge in [0.25, 0.3) is 0 Å². The highest BCUT2D eigenvalue weighted by Gasteiger charge is 2.20. The van der Waals surface area contributed by atoms with Gasteiger partial charge >= 0.3 is 0 Å². The molecule has 0 aliphatic rings. The first-order valence-electron chi connectivity index (χ1n) is 12.5. The molecule has 0 N–H and O–H groups in total. The summed E-state index contributed by atoms with van der Waals surface area (Å²) in [4.78, 5) is 2.35. The maximum Gasteiger partial charge on any atom is 0.0540 e. The van der Waals surface area contributed by atoms with Crippen molar-refractivity contribution in [3.63, 3.8) is 0 Å². The number of para-hydroxylation sites is 1. The van der Waals surface area contributed by atoms with Crippen molar-refractivity contribution in [1.29, 1.82) is 0 Å². The van der Waals surface area contributed by atoms with Gasteiger partial charge in [-0.25, -0.2) is 0 Å². The molecule has 5 aromatic rings. The van der Waals surface area contributed by atoms with E-state index in [4.69, 9.17) is 0 Å². The van der Waals surface area contributed by atoms with Crippen molar-refractivity contribution in [2.45, 2.75) is 0 Å². The van der Waals surface area contributed by atoms with E-state index in [1.165, 1.54) is 22.3 Å². The molecule has 0 saturated carbocycles. The first-order valence-corrected chi connectivity index (χ1v) is 12.5. The average Bonchev–Trinajstić information content (AvgIpc) is 2.98. The summed E-state index contributed by atoms with van der Waals surface area (Å²) in [7, 11) is 0. The largest absolute Gasteiger partial charge is 0.309 e. The Balaban J connectivity index is 1.72. The maximum atomic E-state index is 3.85. The van der Waals surface area contributed by atoms with Gasteiger partial charge in [-0.1, -0.05) is 146 Å². The molecule has 0 fully saturated rings. The molecule has 0 bridgehead atoms. The number of nitrogens with zero attached hydrogens (tertiary/aromatic N) is 1. The summed E-state index contributed by atoms with van der Waals surface area (Å²) in [5.74, 6) is 0. The fourth-order valence-electron chi connectivity index (χ4n) is 4.51. The maximum absolute atomic E-state index is 3.85. The fraction of sp³-hybridized carbons (Fsp3) is 0. The van der Waals surface area contributed by atoms with Crippen molar-refractivity contribution >= 4 is 17.1 Å². The molecule has 0 unspecified atom stereocenters. The first kappa shape index (κ1) is 23.8. The third-order valence-corrected chi connectivity index (χ3v) is 6.27. The zero-order chi connectivity index (χ0) is 25.3. The minimum atomic E-state index is 1.08. The Labute approximate surface area is 220 Å². The number of anilines is 2. The normalized spacial score (nSPS) is 11.4. The van der Waals surface area contributed by atoms with Crippen molar-refractivity contribution in [1.82, 2.24) is 0 Å². The molecule has 5 rings (SSSR count). The lowest BCUT2D eigenvalue weighted by Crippen LogP contribution is -2.16. The van der Waals surface area contributed by atoms with Crippen LogP contribution in [-0.4, -0.2) is 0 Å². The Morgan fingerprint density at radius 2 is 1.05 bits per heavy atom. The van der Waals surface area contributed by atoms with Crippen LogP contribution in [0.3, 0.4) is 0 Å². The summed E-state index contributed by atoms with van der Waals surface area (Å²) in [5, 5.41) is 0. The summed E-state index contributed by atoms with van der Waals surface area (Å²) in [6, 6.07) is 49.0. The second-order valence-electron chi connectivity index (χ2n) is 8.67. The van der Waals surface area contributed by atoms with Gasteiger partial charge in [0.15, 0.2) is 0 Å². The SMILES string of the molecule is C=C/C=C\C=C(/c1ccccc1)N(c1ccc(-c2ccccc2)cc1)c1ccccc1-c1ccccc1. The van der Waals surface area contributed by atoms with E-state index < -0.39 is 0 Å². The number of rotatable bonds is 8. The lowest BCUT2D eigenvalue weighted by molar-refractivity contribution is 1.29. The molecule has 0 radical (unpaired) electrons. The molecule has 1 heteroatoms. The molecule has 0 heterocycles. The molecule has 0 spiro atoms. The predicted molar refractivity (Wildman–Crippen MR) is 160 cm³/mol. The van der Waals surface area contributed by atoms with Crippen molar-refractivity contribution in [3.05, 3.63) is 176 Å². The van der Waals surface area contributed by atoms with E-state index in [0.717, 1.165) is 22.6 Å². The Morgan fingerprint density at radius 3 is 1.70 bits per heavy atom. The van der Waals surface area contributed by atoms with E-state index in [0.29, 0.717) is 0 Å². The highest BCUT2D eigenvalue weighted by molar-refractivity contribution is 5.94. The zero-order valence-corrected chi connectivity index (χ0v) is 20.7. The minimum Gasteiger partial charge on any atom is -0.309 e. The molecule has 0 amide bonds. The van der Waals surface area contributed by atoms with Gasteiger partial charge in [0.2, 0.25) is 0 Å². The van der Waals surface area contributed by atoms with Crippen molar-refractivity contribution in [3.8, 4) is 22.3 Å². The minimum absolute atomic E-state index is 1.08. The van der Waals surface area contributed by atoms with Crippen LogP contribution in [0, 0.1) is 0 Å². The average molecular weight is 476 g/mol. The van der Waals surface area contributed by atoms with Crippen LogP contribution in [0.15, 0.2) is 170 Å². The molecule has 37 heavy (non-hydrogen) atoms. The number of benzene rings is 5. The lowest BCUT2D eigenvalue weighted by atomic mass is 9.99. The Hall–Kier alpha value is -4.88. The number of hydrogen-bond acceptors (Lipinski definition) is 1. The van der Waals surface area contributed by atoms with Crippen LogP contribution in [0.4, 0.5) is 11.4 Å². The highest BCUT2D eigenvalue weighted by Crippen LogP contribution is 2.41. The van der Waals surface area contributed by atoms with Crippen LogP contribution in [0.1, 0.15) is 5.56 Å². The van der Waals surface area contributed by atoms with Gasteiger partial charge in [0, 0.05) is 11.3 Å². The molecule has 0 aromatic heterocycles. The molecule has 0 aliphatic carbocycles. The van der Waals surface area contributed by atoms with Crippen LogP contribution >= 0.6 is 0 Å². The first-order chi connectivity index (χ1) is 18.3. The van der Waals surface area contributed by atoms with Crippen LogP contribution in [-0.2, 0) is 0 Å². The van der Waals surface area contributed by atoms with Crippen molar-refractivity contribution in [2.24, 2.45) is 0 Å². The quantitative estimate of drug-likeness (QED) is 0.202. The summed E-state index contributed by atoms with van der Waals surface area (Å²) < 4.78 is 0. The molecule has 1 nitrogen and oxygen atoms in total. The van der Waals surface area contributed by atoms with E-state index in [1.54, 1.807) is 6.08 Å². The van der Waals surface area contributed by atoms with Crippen LogP contribution < -0.4 is 4.90 Å². The Kier molecular flexibility index (Phi) is 7.54. The summed E-state index contributed by atoms with van der Waals surface area (Å²) in [6.07, 6.45) is 7.97. The monoisotopic (exact) mass is 475 g/mol. The summed E-state index contributed by atoms with van der Waals surface area (Å²) in [6.45, 7) is 3.85. The molecular weight excluding hydrogens is 446 g/mol. The summed E-state index contributed by atoms with van der Waals surface area (Å²) in [5.41, 5.74) is 9.16. The van der Waals surface area contributed by atoms with Crippen LogP contribution in [0.5, 0.6) is 0 Å². The second kappa shape index (κ2) is 11.7. The van der Waals surface area contributed by atoms with E-state index in [2.05, 4.69) is 151 Å². The molecule has 0 aliphatic heterocycles. The highest BCUT2D eigenvalue weighted by atomic mass is 15.2. The second-order valence-corrected chi connectivity index (χ2v) is 8.67. The van der Waals surface area contributed by atoms with Gasteiger partial charge < -0.3 is 4.90 Å².